The topological polar surface area (TPSA) is 225 Å². The van der Waals surface area contributed by atoms with Crippen LogP contribution in [0.5, 0.6) is 0 Å². The van der Waals surface area contributed by atoms with Gasteiger partial charge in [0.15, 0.2) is 17.2 Å². The van der Waals surface area contributed by atoms with Gasteiger partial charge in [-0.2, -0.15) is 10.4 Å². The summed E-state index contributed by atoms with van der Waals surface area (Å²) in [4.78, 5) is 46.2. The zero-order chi connectivity index (χ0) is 47.7. The van der Waals surface area contributed by atoms with Crippen LogP contribution in [0.15, 0.2) is 97.1 Å². The molecule has 2 saturated heterocycles. The van der Waals surface area contributed by atoms with E-state index in [1.165, 1.54) is 0 Å². The van der Waals surface area contributed by atoms with Crippen molar-refractivity contribution in [1.29, 1.82) is 0 Å². The number of hydrogen-bond acceptors (Lipinski definition) is 14. The van der Waals surface area contributed by atoms with Gasteiger partial charge in [-0.25, -0.2) is 30.0 Å². The molecule has 4 aromatic heterocycles. The van der Waals surface area contributed by atoms with Crippen molar-refractivity contribution in [2.45, 2.75) is 44.9 Å². The van der Waals surface area contributed by atoms with Gasteiger partial charge in [0, 0.05) is 68.5 Å². The largest absolute Gasteiger partial charge is 0.286 e. The molecule has 0 radical (unpaired) electrons. The number of hydrogen-bond donors (Lipinski definition) is 4. The molecule has 0 saturated carbocycles. The number of nitrogens with one attached hydrogen (secondary N) is 4. The Labute approximate surface area is 415 Å². The van der Waals surface area contributed by atoms with Gasteiger partial charge >= 0.3 is 0 Å². The average Bonchev–Trinajstić information content (AvgIpc) is 4.12. The van der Waals surface area contributed by atoms with Gasteiger partial charge in [0.2, 0.25) is 5.82 Å². The first-order valence-corrected chi connectivity index (χ1v) is 23.6. The number of nitrogens with zero attached hydrogens (tertiary/aromatic N) is 12. The highest BCUT2D eigenvalue weighted by atomic mass is 35.5. The molecule has 4 aromatic carbocycles. The minimum atomic E-state index is -0.382. The summed E-state index contributed by atoms with van der Waals surface area (Å²) in [6.07, 6.45) is 6.61. The number of tetrazole rings is 2. The van der Waals surface area contributed by atoms with Crippen molar-refractivity contribution in [3.8, 4) is 56.5 Å². The molecule has 2 aliphatic rings. The van der Waals surface area contributed by atoms with Crippen LogP contribution in [-0.4, -0.2) is 109 Å². The quantitative estimate of drug-likeness (QED) is 0.0951. The number of carbonyl (C=O) groups excluding carboxylic acids is 2. The van der Waals surface area contributed by atoms with Gasteiger partial charge in [-0.3, -0.25) is 20.4 Å². The van der Waals surface area contributed by atoms with Crippen LogP contribution in [0.3, 0.4) is 0 Å². The summed E-state index contributed by atoms with van der Waals surface area (Å²) in [5.74, 6) is -0.121. The second kappa shape index (κ2) is 22.1. The second-order valence-electron chi connectivity index (χ2n) is 16.1. The van der Waals surface area contributed by atoms with Crippen molar-refractivity contribution in [2.24, 2.45) is 0 Å². The van der Waals surface area contributed by atoms with Gasteiger partial charge < -0.3 is 0 Å². The maximum atomic E-state index is 13.4. The van der Waals surface area contributed by atoms with E-state index in [0.717, 1.165) is 87.0 Å². The monoisotopic (exact) mass is 1000 g/mol. The molecule has 2 aliphatic heterocycles. The van der Waals surface area contributed by atoms with Crippen molar-refractivity contribution in [2.75, 3.05) is 26.2 Å². The number of carbonyl (C=O) groups is 2. The van der Waals surface area contributed by atoms with Crippen LogP contribution >= 0.6 is 46.4 Å². The summed E-state index contributed by atoms with van der Waals surface area (Å²) in [5.41, 5.74) is 12.3. The molecule has 0 bridgehead atoms. The lowest BCUT2D eigenvalue weighted by Crippen LogP contribution is -2.45. The number of aromatic nitrogens is 12. The second-order valence-corrected chi connectivity index (χ2v) is 17.8. The summed E-state index contributed by atoms with van der Waals surface area (Å²) >= 11 is 24.5. The molecule has 18 nitrogen and oxygen atoms in total. The SMILES string of the molecule is O=C(NN1CCCCC1)c1nc(-c2ccc(Cl)cc2)c(-c2ccc(Cl)cc2)nc1-c1nn[nH]n1.O=C(NN1CCCCC1)c1nc(-c2ccc(Cl)cc2)c(-c2ccc(Cl)cc2)nc1Cc1nn[nH]n1. The molecule has 350 valence electrons. The van der Waals surface area contributed by atoms with E-state index in [4.69, 9.17) is 66.3 Å². The molecule has 2 amide bonds. The molecular weight excluding hydrogens is 962 g/mol. The van der Waals surface area contributed by atoms with Gasteiger partial charge in [0.05, 0.1) is 34.9 Å². The third-order valence-electron chi connectivity index (χ3n) is 11.3. The van der Waals surface area contributed by atoms with E-state index in [1.807, 2.05) is 58.5 Å². The number of H-pyrrole nitrogens is 2. The molecule has 0 aliphatic carbocycles. The Hall–Kier alpha value is -6.80. The Balaban J connectivity index is 0.000000172. The number of rotatable bonds is 11. The first-order chi connectivity index (χ1) is 33.6. The number of piperidine rings is 2. The zero-order valence-electron chi connectivity index (χ0n) is 36.7. The fraction of sp³-hybridized carbons (Fsp3) is 0.234. The van der Waals surface area contributed by atoms with Crippen molar-refractivity contribution >= 4 is 58.2 Å². The van der Waals surface area contributed by atoms with Crippen molar-refractivity contribution in [3.63, 3.8) is 0 Å². The van der Waals surface area contributed by atoms with Gasteiger partial charge in [-0.1, -0.05) is 113 Å². The zero-order valence-corrected chi connectivity index (χ0v) is 39.7. The summed E-state index contributed by atoms with van der Waals surface area (Å²) < 4.78 is 0. The maximum Gasteiger partial charge on any atom is 0.286 e. The van der Waals surface area contributed by atoms with Crippen molar-refractivity contribution < 1.29 is 9.59 Å². The van der Waals surface area contributed by atoms with Crippen LogP contribution in [0.2, 0.25) is 20.1 Å². The van der Waals surface area contributed by atoms with Gasteiger partial charge in [0.1, 0.15) is 5.69 Å². The van der Waals surface area contributed by atoms with E-state index in [2.05, 4.69) is 52.1 Å². The standard InChI is InChI=1S/C24H22Cl2N8O.C23H20Cl2N8O/c25-17-8-4-15(5-9-17)21-22(16-6-10-18(26)11-7-16)28-23(19(27-21)14-20-29-32-33-30-20)24(35)31-34-12-2-1-3-13-34;24-16-8-4-14(5-9-16)18-19(15-6-10-17(25)11-7-15)27-21(20(26-18)22-28-31-32-29-22)23(34)30-33-12-2-1-3-13-33/h4-11H,1-3,12-14H2,(H,31,35)(H,29,30,32,33);4-11H,1-3,12-13H2,(H,30,34)(H,28,29,31,32). The normalized spacial score (nSPS) is 14.1. The van der Waals surface area contributed by atoms with E-state index in [0.29, 0.717) is 54.4 Å². The number of amides is 2. The molecule has 6 heterocycles. The molecule has 2 fully saturated rings. The van der Waals surface area contributed by atoms with Crippen LogP contribution in [-0.2, 0) is 6.42 Å². The summed E-state index contributed by atoms with van der Waals surface area (Å²) in [6, 6.07) is 29.1. The minimum Gasteiger partial charge on any atom is -0.283 e. The lowest BCUT2D eigenvalue weighted by molar-refractivity contribution is 0.0737. The number of hydrazine groups is 2. The van der Waals surface area contributed by atoms with Crippen LogP contribution in [0.4, 0.5) is 0 Å². The smallest absolute Gasteiger partial charge is 0.283 e. The predicted molar refractivity (Wildman–Crippen MR) is 262 cm³/mol. The van der Waals surface area contributed by atoms with Crippen LogP contribution in [0.25, 0.3) is 56.5 Å². The van der Waals surface area contributed by atoms with Crippen LogP contribution in [0, 0.1) is 0 Å². The molecule has 0 unspecified atom stereocenters. The van der Waals surface area contributed by atoms with Gasteiger partial charge in [-0.15, -0.1) is 20.4 Å². The van der Waals surface area contributed by atoms with E-state index >= 15 is 0 Å². The fourth-order valence-electron chi connectivity index (χ4n) is 7.83. The number of halogens is 4. The highest BCUT2D eigenvalue weighted by molar-refractivity contribution is 6.31. The Morgan fingerprint density at radius 2 is 0.855 bits per heavy atom. The van der Waals surface area contributed by atoms with Crippen molar-refractivity contribution in [1.82, 2.24) is 82.1 Å². The Kier molecular flexibility index (Phi) is 15.1. The van der Waals surface area contributed by atoms with E-state index in [1.54, 1.807) is 48.5 Å². The average molecular weight is 1000 g/mol. The summed E-state index contributed by atoms with van der Waals surface area (Å²) in [6.45, 7) is 3.16. The van der Waals surface area contributed by atoms with Crippen molar-refractivity contribution in [3.05, 3.63) is 140 Å². The summed E-state index contributed by atoms with van der Waals surface area (Å²) in [7, 11) is 0. The summed E-state index contributed by atoms with van der Waals surface area (Å²) in [5, 5.41) is 34.6. The number of aromatic amines is 2. The Bertz CT molecular complexity index is 3000. The van der Waals surface area contributed by atoms with Gasteiger partial charge in [0.25, 0.3) is 11.8 Å². The molecule has 69 heavy (non-hydrogen) atoms. The first kappa shape index (κ1) is 47.3. The van der Waals surface area contributed by atoms with E-state index in [-0.39, 0.29) is 41.1 Å². The number of benzene rings is 4. The van der Waals surface area contributed by atoms with Crippen LogP contribution < -0.4 is 10.9 Å². The molecule has 8 aromatic rings. The molecule has 0 atom stereocenters. The van der Waals surface area contributed by atoms with E-state index < -0.39 is 0 Å². The Morgan fingerprint density at radius 3 is 1.28 bits per heavy atom. The molecule has 0 spiro atoms. The third kappa shape index (κ3) is 11.7. The lowest BCUT2D eigenvalue weighted by atomic mass is 10.0. The molecule has 4 N–H and O–H groups in total. The predicted octanol–water partition coefficient (Wildman–Crippen LogP) is 8.78. The third-order valence-corrected chi connectivity index (χ3v) is 12.3. The minimum absolute atomic E-state index is 0.106. The highest BCUT2D eigenvalue weighted by Gasteiger charge is 2.27. The highest BCUT2D eigenvalue weighted by Crippen LogP contribution is 2.35. The van der Waals surface area contributed by atoms with E-state index in [9.17, 15) is 9.59 Å². The molecule has 10 rings (SSSR count). The maximum absolute atomic E-state index is 13.4. The molecule has 22 heteroatoms. The lowest BCUT2D eigenvalue weighted by Gasteiger charge is -2.27. The Morgan fingerprint density at radius 1 is 0.464 bits per heavy atom. The van der Waals surface area contributed by atoms with Gasteiger partial charge in [-0.05, 0) is 79.4 Å². The first-order valence-electron chi connectivity index (χ1n) is 22.1. The fourth-order valence-corrected chi connectivity index (χ4v) is 8.34. The molecular formula is C47H42Cl4N16O2. The van der Waals surface area contributed by atoms with Crippen LogP contribution in [0.1, 0.15) is 71.0 Å².